The Morgan fingerprint density at radius 1 is 1.67 bits per heavy atom. The van der Waals surface area contributed by atoms with Crippen LogP contribution in [0.1, 0.15) is 39.5 Å². The van der Waals surface area contributed by atoms with Gasteiger partial charge in [0.05, 0.1) is 5.60 Å². The van der Waals surface area contributed by atoms with E-state index in [9.17, 15) is 4.79 Å². The maximum atomic E-state index is 10.6. The van der Waals surface area contributed by atoms with Gasteiger partial charge in [0, 0.05) is 12.5 Å². The van der Waals surface area contributed by atoms with E-state index in [0.29, 0.717) is 0 Å². The minimum Gasteiger partial charge on any atom is -0.375 e. The van der Waals surface area contributed by atoms with Gasteiger partial charge in [0.2, 0.25) is 0 Å². The SMILES string of the molecule is CCCC1(C)CC(C=O)CCO1. The molecule has 0 radical (unpaired) electrons. The normalized spacial score (nSPS) is 36.3. The first-order valence-electron chi connectivity index (χ1n) is 4.79. The predicted octanol–water partition coefficient (Wildman–Crippen LogP) is 2.17. The van der Waals surface area contributed by atoms with E-state index < -0.39 is 0 Å². The Kier molecular flexibility index (Phi) is 3.27. The van der Waals surface area contributed by atoms with Crippen molar-refractivity contribution in [3.63, 3.8) is 0 Å². The van der Waals surface area contributed by atoms with Crippen LogP contribution in [0.5, 0.6) is 0 Å². The third-order valence-corrected chi connectivity index (χ3v) is 2.60. The van der Waals surface area contributed by atoms with Crippen LogP contribution < -0.4 is 0 Å². The van der Waals surface area contributed by atoms with Crippen molar-refractivity contribution in [3.8, 4) is 0 Å². The monoisotopic (exact) mass is 170 g/mol. The topological polar surface area (TPSA) is 26.3 Å². The van der Waals surface area contributed by atoms with Gasteiger partial charge in [-0.25, -0.2) is 0 Å². The lowest BCUT2D eigenvalue weighted by molar-refractivity contribution is -0.124. The van der Waals surface area contributed by atoms with Crippen molar-refractivity contribution < 1.29 is 9.53 Å². The van der Waals surface area contributed by atoms with Gasteiger partial charge in [0.1, 0.15) is 6.29 Å². The lowest BCUT2D eigenvalue weighted by Crippen LogP contribution is -2.37. The molecule has 0 saturated carbocycles. The summed E-state index contributed by atoms with van der Waals surface area (Å²) in [6, 6.07) is 0. The molecule has 0 amide bonds. The molecule has 70 valence electrons. The highest BCUT2D eigenvalue weighted by Crippen LogP contribution is 2.31. The summed E-state index contributed by atoms with van der Waals surface area (Å²) in [7, 11) is 0. The molecule has 0 bridgehead atoms. The average molecular weight is 170 g/mol. The Balaban J connectivity index is 2.48. The standard InChI is InChI=1S/C10H18O2/c1-3-5-10(2)7-9(8-11)4-6-12-10/h8-9H,3-7H2,1-2H3. The molecule has 0 N–H and O–H groups in total. The summed E-state index contributed by atoms with van der Waals surface area (Å²) >= 11 is 0. The minimum absolute atomic E-state index is 0.0292. The summed E-state index contributed by atoms with van der Waals surface area (Å²) in [5.74, 6) is 0.232. The second-order valence-corrected chi connectivity index (χ2v) is 3.94. The first kappa shape index (κ1) is 9.72. The lowest BCUT2D eigenvalue weighted by atomic mass is 9.85. The summed E-state index contributed by atoms with van der Waals surface area (Å²) in [6.07, 6.45) is 5.09. The fourth-order valence-electron chi connectivity index (χ4n) is 1.99. The van der Waals surface area contributed by atoms with E-state index >= 15 is 0 Å². The maximum Gasteiger partial charge on any atom is 0.123 e. The van der Waals surface area contributed by atoms with Crippen molar-refractivity contribution in [1.82, 2.24) is 0 Å². The molecule has 1 fully saturated rings. The van der Waals surface area contributed by atoms with Crippen LogP contribution in [0.15, 0.2) is 0 Å². The summed E-state index contributed by atoms with van der Waals surface area (Å²) in [5, 5.41) is 0. The Bertz CT molecular complexity index is 152. The molecule has 0 aromatic rings. The highest BCUT2D eigenvalue weighted by atomic mass is 16.5. The van der Waals surface area contributed by atoms with Gasteiger partial charge >= 0.3 is 0 Å². The summed E-state index contributed by atoms with van der Waals surface area (Å²) < 4.78 is 5.68. The smallest absolute Gasteiger partial charge is 0.123 e. The van der Waals surface area contributed by atoms with Crippen LogP contribution in [0.2, 0.25) is 0 Å². The van der Waals surface area contributed by atoms with E-state index in [0.717, 1.165) is 38.6 Å². The molecule has 1 rings (SSSR count). The van der Waals surface area contributed by atoms with Crippen molar-refractivity contribution in [2.24, 2.45) is 5.92 Å². The second kappa shape index (κ2) is 4.04. The van der Waals surface area contributed by atoms with Crippen molar-refractivity contribution in [3.05, 3.63) is 0 Å². The van der Waals surface area contributed by atoms with Gasteiger partial charge in [-0.1, -0.05) is 13.3 Å². The number of aldehydes is 1. The molecule has 2 unspecified atom stereocenters. The fourth-order valence-corrected chi connectivity index (χ4v) is 1.99. The van der Waals surface area contributed by atoms with Crippen molar-refractivity contribution in [2.75, 3.05) is 6.61 Å². The number of carbonyl (C=O) groups excluding carboxylic acids is 1. The number of carbonyl (C=O) groups is 1. The summed E-state index contributed by atoms with van der Waals surface area (Å²) in [6.45, 7) is 5.02. The van der Waals surface area contributed by atoms with E-state index in [-0.39, 0.29) is 11.5 Å². The number of rotatable bonds is 3. The van der Waals surface area contributed by atoms with Crippen LogP contribution in [-0.4, -0.2) is 18.5 Å². The molecule has 1 aliphatic rings. The number of hydrogen-bond donors (Lipinski definition) is 0. The zero-order valence-corrected chi connectivity index (χ0v) is 8.01. The van der Waals surface area contributed by atoms with Crippen LogP contribution in [0.25, 0.3) is 0 Å². The molecular weight excluding hydrogens is 152 g/mol. The molecule has 0 aromatic carbocycles. The molecule has 0 spiro atoms. The Hall–Kier alpha value is -0.370. The van der Waals surface area contributed by atoms with Crippen LogP contribution in [0, 0.1) is 5.92 Å². The van der Waals surface area contributed by atoms with Crippen molar-refractivity contribution >= 4 is 6.29 Å². The maximum absolute atomic E-state index is 10.6. The molecule has 2 heteroatoms. The molecule has 1 heterocycles. The van der Waals surface area contributed by atoms with E-state index in [4.69, 9.17) is 4.74 Å². The molecule has 2 nitrogen and oxygen atoms in total. The minimum atomic E-state index is -0.0292. The lowest BCUT2D eigenvalue weighted by Gasteiger charge is -2.36. The van der Waals surface area contributed by atoms with Crippen LogP contribution in [0.3, 0.4) is 0 Å². The summed E-state index contributed by atoms with van der Waals surface area (Å²) in [4.78, 5) is 10.6. The highest BCUT2D eigenvalue weighted by molar-refractivity contribution is 5.53. The summed E-state index contributed by atoms with van der Waals surface area (Å²) in [5.41, 5.74) is -0.0292. The van der Waals surface area contributed by atoms with Crippen LogP contribution in [-0.2, 0) is 9.53 Å². The first-order chi connectivity index (χ1) is 5.70. The predicted molar refractivity (Wildman–Crippen MR) is 48.1 cm³/mol. The van der Waals surface area contributed by atoms with Crippen molar-refractivity contribution in [1.29, 1.82) is 0 Å². The molecule has 12 heavy (non-hydrogen) atoms. The molecule has 0 aromatic heterocycles. The Labute approximate surface area is 74.3 Å². The number of hydrogen-bond acceptors (Lipinski definition) is 2. The van der Waals surface area contributed by atoms with E-state index in [2.05, 4.69) is 13.8 Å². The third-order valence-electron chi connectivity index (χ3n) is 2.60. The zero-order chi connectivity index (χ0) is 9.03. The second-order valence-electron chi connectivity index (χ2n) is 3.94. The van der Waals surface area contributed by atoms with E-state index in [1.165, 1.54) is 0 Å². The average Bonchev–Trinajstić information content (AvgIpc) is 2.04. The molecule has 1 aliphatic heterocycles. The van der Waals surface area contributed by atoms with Crippen LogP contribution >= 0.6 is 0 Å². The fraction of sp³-hybridized carbons (Fsp3) is 0.900. The molecule has 1 saturated heterocycles. The van der Waals surface area contributed by atoms with Gasteiger partial charge in [-0.2, -0.15) is 0 Å². The van der Waals surface area contributed by atoms with Crippen molar-refractivity contribution in [2.45, 2.75) is 45.1 Å². The quantitative estimate of drug-likeness (QED) is 0.607. The Morgan fingerprint density at radius 3 is 3.00 bits per heavy atom. The molecule has 0 aliphatic carbocycles. The van der Waals surface area contributed by atoms with Crippen LogP contribution in [0.4, 0.5) is 0 Å². The zero-order valence-electron chi connectivity index (χ0n) is 8.01. The largest absolute Gasteiger partial charge is 0.375 e. The Morgan fingerprint density at radius 2 is 2.42 bits per heavy atom. The van der Waals surface area contributed by atoms with Gasteiger partial charge < -0.3 is 9.53 Å². The molecular formula is C10H18O2. The van der Waals surface area contributed by atoms with Gasteiger partial charge in [-0.05, 0) is 26.2 Å². The molecule has 2 atom stereocenters. The van der Waals surface area contributed by atoms with Gasteiger partial charge in [0.25, 0.3) is 0 Å². The van der Waals surface area contributed by atoms with E-state index in [1.807, 2.05) is 0 Å². The number of ether oxygens (including phenoxy) is 1. The van der Waals surface area contributed by atoms with E-state index in [1.54, 1.807) is 0 Å². The van der Waals surface area contributed by atoms with Gasteiger partial charge in [-0.3, -0.25) is 0 Å². The first-order valence-corrected chi connectivity index (χ1v) is 4.79. The third kappa shape index (κ3) is 2.31. The highest BCUT2D eigenvalue weighted by Gasteiger charge is 2.31. The van der Waals surface area contributed by atoms with Gasteiger partial charge in [-0.15, -0.1) is 0 Å². The van der Waals surface area contributed by atoms with Gasteiger partial charge in [0.15, 0.2) is 0 Å².